The van der Waals surface area contributed by atoms with Gasteiger partial charge in [-0.05, 0) is 29.3 Å². The Hall–Kier alpha value is -0.830. The Morgan fingerprint density at radius 2 is 2.10 bits per heavy atom. The summed E-state index contributed by atoms with van der Waals surface area (Å²) in [6.45, 7) is 3.75. The predicted octanol–water partition coefficient (Wildman–Crippen LogP) is 1.85. The Morgan fingerprint density at radius 3 is 2.60 bits per heavy atom. The number of nitrogens with zero attached hydrogens (tertiary/aromatic N) is 3. The minimum atomic E-state index is -0.000614. The molecule has 20 heavy (non-hydrogen) atoms. The minimum absolute atomic E-state index is 0. The molecule has 5 nitrogen and oxygen atoms in total. The van der Waals surface area contributed by atoms with Gasteiger partial charge in [-0.25, -0.2) is 4.99 Å². The summed E-state index contributed by atoms with van der Waals surface area (Å²) >= 11 is 1.68. The SMILES string of the molecule is CCNC(=NCC(=O)N(C)C)N(C)Cc1ccsc1.I. The third kappa shape index (κ3) is 6.56. The fourth-order valence-electron chi connectivity index (χ4n) is 1.48. The van der Waals surface area contributed by atoms with Crippen LogP contribution in [-0.2, 0) is 11.3 Å². The van der Waals surface area contributed by atoms with E-state index in [0.717, 1.165) is 19.0 Å². The van der Waals surface area contributed by atoms with Crippen LogP contribution in [0.25, 0.3) is 0 Å². The van der Waals surface area contributed by atoms with Crippen LogP contribution in [0.3, 0.4) is 0 Å². The molecule has 0 aliphatic rings. The maximum atomic E-state index is 11.6. The van der Waals surface area contributed by atoms with Crippen molar-refractivity contribution < 1.29 is 4.79 Å². The van der Waals surface area contributed by atoms with Crippen LogP contribution in [0.1, 0.15) is 12.5 Å². The summed E-state index contributed by atoms with van der Waals surface area (Å²) in [5.41, 5.74) is 1.25. The van der Waals surface area contributed by atoms with Crippen LogP contribution in [0.4, 0.5) is 0 Å². The van der Waals surface area contributed by atoms with E-state index in [2.05, 4.69) is 27.1 Å². The quantitative estimate of drug-likeness (QED) is 0.458. The molecule has 0 atom stereocenters. The highest BCUT2D eigenvalue weighted by molar-refractivity contribution is 14.0. The molecule has 0 fully saturated rings. The molecule has 0 saturated carbocycles. The van der Waals surface area contributed by atoms with E-state index in [1.165, 1.54) is 5.56 Å². The van der Waals surface area contributed by atoms with Gasteiger partial charge in [-0.1, -0.05) is 0 Å². The van der Waals surface area contributed by atoms with Gasteiger partial charge < -0.3 is 15.1 Å². The lowest BCUT2D eigenvalue weighted by Crippen LogP contribution is -2.39. The predicted molar refractivity (Wildman–Crippen MR) is 95.9 cm³/mol. The first-order valence-corrected chi connectivity index (χ1v) is 7.19. The van der Waals surface area contributed by atoms with Crippen molar-refractivity contribution in [2.75, 3.05) is 34.2 Å². The number of carbonyl (C=O) groups excluding carboxylic acids is 1. The number of halogens is 1. The van der Waals surface area contributed by atoms with Crippen LogP contribution in [-0.4, -0.2) is 55.9 Å². The molecule has 0 bridgehead atoms. The second-order valence-corrected chi connectivity index (χ2v) is 5.23. The molecular formula is C13H23IN4OS. The first-order chi connectivity index (χ1) is 9.04. The Morgan fingerprint density at radius 1 is 1.40 bits per heavy atom. The Kier molecular flexibility index (Phi) is 9.56. The van der Waals surface area contributed by atoms with Crippen molar-refractivity contribution >= 4 is 47.2 Å². The van der Waals surface area contributed by atoms with E-state index in [4.69, 9.17) is 0 Å². The second-order valence-electron chi connectivity index (χ2n) is 4.45. The molecule has 1 rings (SSSR count). The summed E-state index contributed by atoms with van der Waals surface area (Å²) in [4.78, 5) is 19.5. The number of hydrogen-bond donors (Lipinski definition) is 1. The highest BCUT2D eigenvalue weighted by atomic mass is 127. The number of rotatable bonds is 5. The summed E-state index contributed by atoms with van der Waals surface area (Å²) in [5.74, 6) is 0.753. The third-order valence-electron chi connectivity index (χ3n) is 2.56. The average Bonchev–Trinajstić information content (AvgIpc) is 2.86. The molecule has 0 unspecified atom stereocenters. The number of aliphatic imine (C=N–C) groups is 1. The fraction of sp³-hybridized carbons (Fsp3) is 0.538. The standard InChI is InChI=1S/C13H22N4OS.HI/c1-5-14-13(15-8-12(18)16(2)3)17(4)9-11-6-7-19-10-11;/h6-7,10H,5,8-9H2,1-4H3,(H,14,15);1H. The molecular weight excluding hydrogens is 387 g/mol. The Labute approximate surface area is 142 Å². The monoisotopic (exact) mass is 410 g/mol. The van der Waals surface area contributed by atoms with Crippen molar-refractivity contribution in [3.63, 3.8) is 0 Å². The van der Waals surface area contributed by atoms with Crippen molar-refractivity contribution in [1.29, 1.82) is 0 Å². The van der Waals surface area contributed by atoms with E-state index in [-0.39, 0.29) is 36.4 Å². The lowest BCUT2D eigenvalue weighted by Gasteiger charge is -2.21. The van der Waals surface area contributed by atoms with Gasteiger partial charge in [0.05, 0.1) is 0 Å². The number of thiophene rings is 1. The summed E-state index contributed by atoms with van der Waals surface area (Å²) in [6, 6.07) is 2.09. The summed E-state index contributed by atoms with van der Waals surface area (Å²) in [6.07, 6.45) is 0. The molecule has 0 aliphatic heterocycles. The third-order valence-corrected chi connectivity index (χ3v) is 3.29. The van der Waals surface area contributed by atoms with Gasteiger partial charge in [-0.15, -0.1) is 24.0 Å². The first-order valence-electron chi connectivity index (χ1n) is 6.25. The van der Waals surface area contributed by atoms with Crippen LogP contribution < -0.4 is 5.32 Å². The highest BCUT2D eigenvalue weighted by Crippen LogP contribution is 2.08. The zero-order chi connectivity index (χ0) is 14.3. The van der Waals surface area contributed by atoms with Gasteiger partial charge in [0.15, 0.2) is 5.96 Å². The molecule has 0 saturated heterocycles. The van der Waals surface area contributed by atoms with Crippen LogP contribution >= 0.6 is 35.3 Å². The molecule has 1 aromatic heterocycles. The summed E-state index contributed by atoms with van der Waals surface area (Å²) < 4.78 is 0. The fourth-order valence-corrected chi connectivity index (χ4v) is 2.14. The maximum absolute atomic E-state index is 11.6. The van der Waals surface area contributed by atoms with Gasteiger partial charge >= 0.3 is 0 Å². The van der Waals surface area contributed by atoms with Gasteiger partial charge in [0.2, 0.25) is 5.91 Å². The lowest BCUT2D eigenvalue weighted by molar-refractivity contribution is -0.127. The maximum Gasteiger partial charge on any atom is 0.243 e. The second kappa shape index (κ2) is 9.98. The van der Waals surface area contributed by atoms with Crippen LogP contribution in [0, 0.1) is 0 Å². The number of nitrogens with one attached hydrogen (secondary N) is 1. The topological polar surface area (TPSA) is 47.9 Å². The van der Waals surface area contributed by atoms with Gasteiger partial charge in [-0.2, -0.15) is 11.3 Å². The van der Waals surface area contributed by atoms with Crippen molar-refractivity contribution in [2.24, 2.45) is 4.99 Å². The van der Waals surface area contributed by atoms with Gasteiger partial charge in [-0.3, -0.25) is 4.79 Å². The Bertz CT molecular complexity index is 420. The van der Waals surface area contributed by atoms with E-state index in [1.54, 1.807) is 30.3 Å². The van der Waals surface area contributed by atoms with Crippen molar-refractivity contribution in [3.05, 3.63) is 22.4 Å². The van der Waals surface area contributed by atoms with Crippen molar-refractivity contribution in [3.8, 4) is 0 Å². The van der Waals surface area contributed by atoms with Crippen LogP contribution in [0.15, 0.2) is 21.8 Å². The average molecular weight is 410 g/mol. The van der Waals surface area contributed by atoms with Crippen molar-refractivity contribution in [1.82, 2.24) is 15.1 Å². The number of likely N-dealkylation sites (N-methyl/N-ethyl adjacent to an activating group) is 1. The smallest absolute Gasteiger partial charge is 0.243 e. The molecule has 0 aliphatic carbocycles. The van der Waals surface area contributed by atoms with E-state index < -0.39 is 0 Å². The largest absolute Gasteiger partial charge is 0.357 e. The molecule has 0 radical (unpaired) electrons. The Balaban J connectivity index is 0.00000361. The highest BCUT2D eigenvalue weighted by Gasteiger charge is 2.08. The van der Waals surface area contributed by atoms with E-state index in [0.29, 0.717) is 0 Å². The molecule has 1 N–H and O–H groups in total. The molecule has 114 valence electrons. The number of guanidine groups is 1. The van der Waals surface area contributed by atoms with E-state index in [9.17, 15) is 4.79 Å². The molecule has 0 aromatic carbocycles. The zero-order valence-electron chi connectivity index (χ0n) is 12.4. The summed E-state index contributed by atoms with van der Waals surface area (Å²) in [7, 11) is 5.44. The van der Waals surface area contributed by atoms with Crippen LogP contribution in [0.5, 0.6) is 0 Å². The number of amides is 1. The van der Waals surface area contributed by atoms with E-state index in [1.807, 2.05) is 18.9 Å². The minimum Gasteiger partial charge on any atom is -0.357 e. The number of hydrogen-bond acceptors (Lipinski definition) is 3. The molecule has 0 spiro atoms. The van der Waals surface area contributed by atoms with Crippen LogP contribution in [0.2, 0.25) is 0 Å². The first kappa shape index (κ1) is 19.2. The van der Waals surface area contributed by atoms with Crippen molar-refractivity contribution in [2.45, 2.75) is 13.5 Å². The normalized spacial score (nSPS) is 10.7. The molecule has 7 heteroatoms. The van der Waals surface area contributed by atoms with Gasteiger partial charge in [0.25, 0.3) is 0 Å². The summed E-state index contributed by atoms with van der Waals surface area (Å²) in [5, 5.41) is 7.37. The number of carbonyl (C=O) groups is 1. The molecule has 1 aromatic rings. The van der Waals surface area contributed by atoms with Gasteiger partial charge in [0, 0.05) is 34.2 Å². The van der Waals surface area contributed by atoms with Gasteiger partial charge in [0.1, 0.15) is 6.54 Å². The zero-order valence-corrected chi connectivity index (χ0v) is 15.6. The lowest BCUT2D eigenvalue weighted by atomic mass is 10.3. The van der Waals surface area contributed by atoms with E-state index >= 15 is 0 Å². The molecule has 1 heterocycles. The molecule has 1 amide bonds.